The smallest absolute Gasteiger partial charge is 0.317 e. The molecule has 1 heterocycles. The van der Waals surface area contributed by atoms with Crippen molar-refractivity contribution >= 4 is 34.9 Å². The molecule has 0 bridgehead atoms. The summed E-state index contributed by atoms with van der Waals surface area (Å²) in [6.07, 6.45) is -0.103. The quantitative estimate of drug-likeness (QED) is 0.867. The maximum absolute atomic E-state index is 12.2. The van der Waals surface area contributed by atoms with E-state index < -0.39 is 12.0 Å². The van der Waals surface area contributed by atoms with Gasteiger partial charge in [0.2, 0.25) is 0 Å². The number of urea groups is 1. The van der Waals surface area contributed by atoms with Gasteiger partial charge in [0, 0.05) is 18.0 Å². The first-order valence-electron chi connectivity index (χ1n) is 6.57. The van der Waals surface area contributed by atoms with Crippen molar-refractivity contribution in [1.29, 1.82) is 0 Å². The molecule has 0 spiro atoms. The van der Waals surface area contributed by atoms with Crippen LogP contribution in [0.2, 0.25) is 4.34 Å². The molecule has 1 aromatic heterocycles. The summed E-state index contributed by atoms with van der Waals surface area (Å²) >= 11 is 7.28. The molecule has 0 saturated carbocycles. The Morgan fingerprint density at radius 1 is 1.43 bits per heavy atom. The van der Waals surface area contributed by atoms with Crippen LogP contribution < -0.4 is 5.32 Å². The molecule has 1 unspecified atom stereocenters. The van der Waals surface area contributed by atoms with Crippen molar-refractivity contribution in [3.8, 4) is 0 Å². The standard InChI is InChI=1S/C14H21ClN2O3S/c1-14(2,3)10(7-12(18)19)16-13(20)17(4)8-9-5-6-11(15)21-9/h5-6,10H,7-8H2,1-4H3,(H,16,20)(H,18,19). The highest BCUT2D eigenvalue weighted by molar-refractivity contribution is 7.16. The zero-order valence-electron chi connectivity index (χ0n) is 12.6. The zero-order chi connectivity index (χ0) is 16.2. The molecule has 0 fully saturated rings. The number of rotatable bonds is 5. The van der Waals surface area contributed by atoms with Crippen LogP contribution in [0.15, 0.2) is 12.1 Å². The molecule has 0 saturated heterocycles. The van der Waals surface area contributed by atoms with Crippen LogP contribution in [-0.4, -0.2) is 35.1 Å². The summed E-state index contributed by atoms with van der Waals surface area (Å²) in [6.45, 7) is 6.15. The van der Waals surface area contributed by atoms with E-state index in [1.807, 2.05) is 26.8 Å². The van der Waals surface area contributed by atoms with E-state index in [1.54, 1.807) is 13.1 Å². The van der Waals surface area contributed by atoms with E-state index in [-0.39, 0.29) is 17.9 Å². The fraction of sp³-hybridized carbons (Fsp3) is 0.571. The van der Waals surface area contributed by atoms with Crippen LogP contribution in [0.25, 0.3) is 0 Å². The van der Waals surface area contributed by atoms with Crippen LogP contribution in [-0.2, 0) is 11.3 Å². The zero-order valence-corrected chi connectivity index (χ0v) is 14.2. The average molecular weight is 333 g/mol. The molecule has 1 aromatic rings. The first kappa shape index (κ1) is 17.8. The molecule has 5 nitrogen and oxygen atoms in total. The third kappa shape index (κ3) is 5.93. The Hall–Kier alpha value is -1.27. The Morgan fingerprint density at radius 3 is 2.48 bits per heavy atom. The van der Waals surface area contributed by atoms with Crippen molar-refractivity contribution in [1.82, 2.24) is 10.2 Å². The van der Waals surface area contributed by atoms with E-state index in [0.29, 0.717) is 10.9 Å². The van der Waals surface area contributed by atoms with Crippen LogP contribution in [0.1, 0.15) is 32.1 Å². The van der Waals surface area contributed by atoms with Gasteiger partial charge in [0.15, 0.2) is 0 Å². The lowest BCUT2D eigenvalue weighted by Gasteiger charge is -2.32. The molecule has 1 rings (SSSR count). The molecular weight excluding hydrogens is 312 g/mol. The van der Waals surface area contributed by atoms with Crippen molar-refractivity contribution in [2.45, 2.75) is 39.8 Å². The molecule has 0 aliphatic heterocycles. The van der Waals surface area contributed by atoms with E-state index in [1.165, 1.54) is 16.2 Å². The van der Waals surface area contributed by atoms with Gasteiger partial charge in [-0.15, -0.1) is 11.3 Å². The van der Waals surface area contributed by atoms with Gasteiger partial charge in [-0.2, -0.15) is 0 Å². The fourth-order valence-corrected chi connectivity index (χ4v) is 2.89. The normalized spacial score (nSPS) is 12.8. The van der Waals surface area contributed by atoms with Crippen LogP contribution in [0.5, 0.6) is 0 Å². The number of carbonyl (C=O) groups is 2. The van der Waals surface area contributed by atoms with Crippen molar-refractivity contribution in [3.63, 3.8) is 0 Å². The minimum absolute atomic E-state index is 0.103. The van der Waals surface area contributed by atoms with Crippen molar-refractivity contribution in [2.24, 2.45) is 5.41 Å². The Morgan fingerprint density at radius 2 is 2.05 bits per heavy atom. The van der Waals surface area contributed by atoms with Gasteiger partial charge in [-0.05, 0) is 17.5 Å². The molecule has 118 valence electrons. The molecule has 0 aliphatic carbocycles. The molecule has 1 atom stereocenters. The Bertz CT molecular complexity index is 511. The largest absolute Gasteiger partial charge is 0.481 e. The van der Waals surface area contributed by atoms with E-state index in [4.69, 9.17) is 16.7 Å². The van der Waals surface area contributed by atoms with Gasteiger partial charge in [-0.1, -0.05) is 32.4 Å². The Labute approximate surface area is 133 Å². The number of carboxylic acids is 1. The molecule has 0 aliphatic rings. The average Bonchev–Trinajstić information content (AvgIpc) is 2.72. The number of halogens is 1. The van der Waals surface area contributed by atoms with E-state index in [2.05, 4.69) is 5.32 Å². The fourth-order valence-electron chi connectivity index (χ4n) is 1.75. The lowest BCUT2D eigenvalue weighted by molar-refractivity contribution is -0.138. The second-order valence-corrected chi connectivity index (χ2v) is 7.83. The number of nitrogens with one attached hydrogen (secondary N) is 1. The third-order valence-electron chi connectivity index (χ3n) is 3.09. The van der Waals surface area contributed by atoms with Crippen LogP contribution >= 0.6 is 22.9 Å². The summed E-state index contributed by atoms with van der Waals surface area (Å²) in [5.41, 5.74) is -0.332. The molecular formula is C14H21ClN2O3S. The second kappa shape index (κ2) is 7.13. The molecule has 7 heteroatoms. The summed E-state index contributed by atoms with van der Waals surface area (Å²) in [4.78, 5) is 25.6. The predicted molar refractivity (Wildman–Crippen MR) is 84.8 cm³/mol. The number of aliphatic carboxylic acids is 1. The highest BCUT2D eigenvalue weighted by Crippen LogP contribution is 2.24. The number of thiophene rings is 1. The Balaban J connectivity index is 2.65. The number of amides is 2. The first-order chi connectivity index (χ1) is 9.59. The molecule has 21 heavy (non-hydrogen) atoms. The molecule has 0 radical (unpaired) electrons. The SMILES string of the molecule is CN(Cc1ccc(Cl)s1)C(=O)NC(CC(=O)O)C(C)(C)C. The number of carbonyl (C=O) groups excluding carboxylic acids is 1. The maximum Gasteiger partial charge on any atom is 0.317 e. The van der Waals surface area contributed by atoms with E-state index in [0.717, 1.165) is 4.88 Å². The van der Waals surface area contributed by atoms with Crippen molar-refractivity contribution in [2.75, 3.05) is 7.05 Å². The topological polar surface area (TPSA) is 69.6 Å². The highest BCUT2D eigenvalue weighted by atomic mass is 35.5. The van der Waals surface area contributed by atoms with Gasteiger partial charge in [-0.3, -0.25) is 4.79 Å². The van der Waals surface area contributed by atoms with Gasteiger partial charge in [0.1, 0.15) is 0 Å². The minimum atomic E-state index is -0.928. The lowest BCUT2D eigenvalue weighted by atomic mass is 9.85. The number of nitrogens with zero attached hydrogens (tertiary/aromatic N) is 1. The third-order valence-corrected chi connectivity index (χ3v) is 4.31. The maximum atomic E-state index is 12.2. The van der Waals surface area contributed by atoms with Crippen LogP contribution in [0.4, 0.5) is 4.79 Å². The van der Waals surface area contributed by atoms with Crippen molar-refractivity contribution < 1.29 is 14.7 Å². The number of hydrogen-bond acceptors (Lipinski definition) is 3. The highest BCUT2D eigenvalue weighted by Gasteiger charge is 2.29. The van der Waals surface area contributed by atoms with Gasteiger partial charge in [0.05, 0.1) is 17.3 Å². The van der Waals surface area contributed by atoms with E-state index >= 15 is 0 Å². The van der Waals surface area contributed by atoms with Gasteiger partial charge in [-0.25, -0.2) is 4.79 Å². The van der Waals surface area contributed by atoms with Gasteiger partial charge >= 0.3 is 12.0 Å². The monoisotopic (exact) mass is 332 g/mol. The van der Waals surface area contributed by atoms with Crippen LogP contribution in [0, 0.1) is 5.41 Å². The summed E-state index contributed by atoms with van der Waals surface area (Å²) < 4.78 is 0.678. The summed E-state index contributed by atoms with van der Waals surface area (Å²) in [6, 6.07) is 2.93. The number of hydrogen-bond donors (Lipinski definition) is 2. The molecule has 0 aromatic carbocycles. The Kier molecular flexibility index (Phi) is 6.04. The van der Waals surface area contributed by atoms with Gasteiger partial charge in [0.25, 0.3) is 0 Å². The molecule has 2 N–H and O–H groups in total. The second-order valence-electron chi connectivity index (χ2n) is 6.03. The predicted octanol–water partition coefficient (Wildman–Crippen LogP) is 3.43. The number of carboxylic acid groups (broad SMARTS) is 1. The van der Waals surface area contributed by atoms with Crippen LogP contribution in [0.3, 0.4) is 0 Å². The summed E-state index contributed by atoms with van der Waals surface area (Å²) in [7, 11) is 1.67. The summed E-state index contributed by atoms with van der Waals surface area (Å²) in [5.74, 6) is -0.928. The summed E-state index contributed by atoms with van der Waals surface area (Å²) in [5, 5.41) is 11.8. The van der Waals surface area contributed by atoms with Gasteiger partial charge < -0.3 is 15.3 Å². The minimum Gasteiger partial charge on any atom is -0.481 e. The van der Waals surface area contributed by atoms with Crippen molar-refractivity contribution in [3.05, 3.63) is 21.3 Å². The first-order valence-corrected chi connectivity index (χ1v) is 7.76. The lowest BCUT2D eigenvalue weighted by Crippen LogP contribution is -2.49. The van der Waals surface area contributed by atoms with E-state index in [9.17, 15) is 9.59 Å². The molecule has 2 amide bonds.